The number of aromatic nitrogens is 2. The Labute approximate surface area is 195 Å². The summed E-state index contributed by atoms with van der Waals surface area (Å²) in [6.45, 7) is 7.92. The van der Waals surface area contributed by atoms with Gasteiger partial charge < -0.3 is 15.2 Å². The molecule has 0 radical (unpaired) electrons. The molecule has 0 fully saturated rings. The van der Waals surface area contributed by atoms with Gasteiger partial charge in [0.2, 0.25) is 0 Å². The zero-order valence-corrected chi connectivity index (χ0v) is 19.6. The summed E-state index contributed by atoms with van der Waals surface area (Å²) in [5, 5.41) is 0. The van der Waals surface area contributed by atoms with E-state index in [1.165, 1.54) is 13.3 Å². The third-order valence-corrected chi connectivity index (χ3v) is 4.13. The van der Waals surface area contributed by atoms with Crippen molar-refractivity contribution in [3.05, 3.63) is 83.3 Å². The Morgan fingerprint density at radius 1 is 1.03 bits per heavy atom. The summed E-state index contributed by atoms with van der Waals surface area (Å²) in [5.41, 5.74) is 9.03. The predicted octanol–water partition coefficient (Wildman–Crippen LogP) is 5.28. The summed E-state index contributed by atoms with van der Waals surface area (Å²) < 4.78 is 10.6. The number of nitrogens with zero attached hydrogens (tertiary/aromatic N) is 3. The van der Waals surface area contributed by atoms with E-state index in [2.05, 4.69) is 19.7 Å². The number of hydrogen-bond acceptors (Lipinski definition) is 6. The third kappa shape index (κ3) is 7.88. The average Bonchev–Trinajstić information content (AvgIpc) is 2.84. The van der Waals surface area contributed by atoms with Gasteiger partial charge in [0.1, 0.15) is 11.6 Å². The number of aliphatic imine (C=N–C) groups is 1. The van der Waals surface area contributed by atoms with Gasteiger partial charge in [0.15, 0.2) is 5.82 Å². The maximum absolute atomic E-state index is 11.5. The Kier molecular flexibility index (Phi) is 9.77. The molecule has 0 aliphatic heterocycles. The van der Waals surface area contributed by atoms with Crippen molar-refractivity contribution < 1.29 is 14.3 Å². The van der Waals surface area contributed by atoms with Crippen molar-refractivity contribution in [2.24, 2.45) is 10.7 Å². The van der Waals surface area contributed by atoms with E-state index >= 15 is 0 Å². The highest BCUT2D eigenvalue weighted by Gasteiger charge is 2.08. The van der Waals surface area contributed by atoms with Crippen LogP contribution in [0.5, 0.6) is 5.75 Å². The Hall–Kier alpha value is -4.00. The first-order valence-corrected chi connectivity index (χ1v) is 10.7. The minimum absolute atomic E-state index is 0.00793. The molecule has 0 saturated heterocycles. The standard InChI is InChI=1S/C24H24N4O3.C2H6/c1-16(2)31-21-13-17(7-9-20-6-4-5-11-26-20)12-19(14-21)23(25)28-22-10-8-18(15-27-22)24(29)30-3;1-2/h4-16H,1-3H3,(H2,25,27,28);1-2H3/b9-7+;. The van der Waals surface area contributed by atoms with Gasteiger partial charge in [0.25, 0.3) is 0 Å². The normalized spacial score (nSPS) is 11.2. The fraction of sp³-hybridized carbons (Fsp3) is 0.231. The molecule has 0 spiro atoms. The molecule has 3 aromatic rings. The minimum Gasteiger partial charge on any atom is -0.491 e. The minimum atomic E-state index is -0.459. The maximum Gasteiger partial charge on any atom is 0.339 e. The molecule has 172 valence electrons. The molecule has 33 heavy (non-hydrogen) atoms. The van der Waals surface area contributed by atoms with Gasteiger partial charge in [0, 0.05) is 18.0 Å². The molecule has 0 aliphatic rings. The van der Waals surface area contributed by atoms with Gasteiger partial charge >= 0.3 is 5.97 Å². The Bertz CT molecular complexity index is 1090. The first-order chi connectivity index (χ1) is 15.9. The highest BCUT2D eigenvalue weighted by atomic mass is 16.5. The van der Waals surface area contributed by atoms with Crippen LogP contribution in [0.4, 0.5) is 5.82 Å². The van der Waals surface area contributed by atoms with Crippen molar-refractivity contribution in [2.45, 2.75) is 33.8 Å². The smallest absolute Gasteiger partial charge is 0.339 e. The molecule has 2 aromatic heterocycles. The van der Waals surface area contributed by atoms with Crippen LogP contribution in [0, 0.1) is 0 Å². The highest BCUT2D eigenvalue weighted by Crippen LogP contribution is 2.21. The molecule has 3 rings (SSSR count). The molecule has 0 saturated carbocycles. The largest absolute Gasteiger partial charge is 0.491 e. The number of esters is 1. The number of ether oxygens (including phenoxy) is 2. The second-order valence-corrected chi connectivity index (χ2v) is 6.94. The fourth-order valence-corrected chi connectivity index (χ4v) is 2.74. The summed E-state index contributed by atoms with van der Waals surface area (Å²) in [6.07, 6.45) is 7.01. The average molecular weight is 447 g/mol. The quantitative estimate of drug-likeness (QED) is 0.301. The van der Waals surface area contributed by atoms with E-state index < -0.39 is 5.97 Å². The summed E-state index contributed by atoms with van der Waals surface area (Å²) in [6, 6.07) is 14.6. The van der Waals surface area contributed by atoms with Gasteiger partial charge in [0.05, 0.1) is 24.5 Å². The van der Waals surface area contributed by atoms with Gasteiger partial charge in [-0.25, -0.2) is 14.8 Å². The van der Waals surface area contributed by atoms with Crippen LogP contribution >= 0.6 is 0 Å². The van der Waals surface area contributed by atoms with Crippen LogP contribution in [0.3, 0.4) is 0 Å². The summed E-state index contributed by atoms with van der Waals surface area (Å²) >= 11 is 0. The maximum atomic E-state index is 11.5. The molecule has 0 bridgehead atoms. The number of methoxy groups -OCH3 is 1. The zero-order valence-electron chi connectivity index (χ0n) is 19.6. The van der Waals surface area contributed by atoms with Crippen molar-refractivity contribution in [1.82, 2.24) is 9.97 Å². The van der Waals surface area contributed by atoms with Gasteiger partial charge in [-0.1, -0.05) is 26.0 Å². The predicted molar refractivity (Wildman–Crippen MR) is 133 cm³/mol. The van der Waals surface area contributed by atoms with E-state index in [1.807, 2.05) is 76.2 Å². The van der Waals surface area contributed by atoms with Crippen LogP contribution in [-0.4, -0.2) is 35.0 Å². The first kappa shape index (κ1) is 25.3. The van der Waals surface area contributed by atoms with Gasteiger partial charge in [-0.15, -0.1) is 0 Å². The van der Waals surface area contributed by atoms with Crippen molar-refractivity contribution in [3.8, 4) is 5.75 Å². The van der Waals surface area contributed by atoms with E-state index in [0.29, 0.717) is 22.7 Å². The molecular weight excluding hydrogens is 416 g/mol. The molecule has 7 heteroatoms. The topological polar surface area (TPSA) is 99.7 Å². The van der Waals surface area contributed by atoms with Crippen LogP contribution < -0.4 is 10.5 Å². The third-order valence-electron chi connectivity index (χ3n) is 4.13. The summed E-state index contributed by atoms with van der Waals surface area (Å²) in [4.78, 5) is 24.4. The number of nitrogens with two attached hydrogens (primary N) is 1. The molecule has 2 N–H and O–H groups in total. The second-order valence-electron chi connectivity index (χ2n) is 6.94. The lowest BCUT2D eigenvalue weighted by Crippen LogP contribution is -2.14. The molecule has 7 nitrogen and oxygen atoms in total. The van der Waals surface area contributed by atoms with Gasteiger partial charge in [-0.3, -0.25) is 4.98 Å². The summed E-state index contributed by atoms with van der Waals surface area (Å²) in [5.74, 6) is 0.880. The van der Waals surface area contributed by atoms with Crippen LogP contribution in [0.15, 0.2) is 65.9 Å². The summed E-state index contributed by atoms with van der Waals surface area (Å²) in [7, 11) is 1.32. The van der Waals surface area contributed by atoms with Crippen LogP contribution in [0.2, 0.25) is 0 Å². The van der Waals surface area contributed by atoms with E-state index in [9.17, 15) is 4.79 Å². The number of carbonyl (C=O) groups is 1. The second kappa shape index (κ2) is 12.8. The van der Waals surface area contributed by atoms with E-state index in [1.54, 1.807) is 18.3 Å². The molecule has 1 aromatic carbocycles. The first-order valence-electron chi connectivity index (χ1n) is 10.7. The fourth-order valence-electron chi connectivity index (χ4n) is 2.74. The Morgan fingerprint density at radius 2 is 1.82 bits per heavy atom. The number of benzene rings is 1. The van der Waals surface area contributed by atoms with E-state index in [4.69, 9.17) is 10.5 Å². The lowest BCUT2D eigenvalue weighted by molar-refractivity contribution is 0.0600. The SMILES string of the molecule is CC.COC(=O)c1ccc(N=C(N)c2cc(/C=C/c3ccccn3)cc(OC(C)C)c2)nc1. The monoisotopic (exact) mass is 446 g/mol. The Morgan fingerprint density at radius 3 is 2.42 bits per heavy atom. The van der Waals surface area contributed by atoms with Crippen molar-refractivity contribution >= 4 is 29.8 Å². The van der Waals surface area contributed by atoms with Crippen molar-refractivity contribution in [3.63, 3.8) is 0 Å². The molecule has 0 atom stereocenters. The van der Waals surface area contributed by atoms with Gasteiger partial charge in [-0.2, -0.15) is 0 Å². The molecule has 2 heterocycles. The van der Waals surface area contributed by atoms with E-state index in [0.717, 1.165) is 11.3 Å². The van der Waals surface area contributed by atoms with Crippen LogP contribution in [0.1, 0.15) is 54.9 Å². The number of pyridine rings is 2. The van der Waals surface area contributed by atoms with Crippen LogP contribution in [-0.2, 0) is 4.74 Å². The van der Waals surface area contributed by atoms with Crippen LogP contribution in [0.25, 0.3) is 12.2 Å². The van der Waals surface area contributed by atoms with Crippen molar-refractivity contribution in [1.29, 1.82) is 0 Å². The number of hydrogen-bond donors (Lipinski definition) is 1. The Balaban J connectivity index is 0.00000187. The van der Waals surface area contributed by atoms with Crippen molar-refractivity contribution in [2.75, 3.05) is 7.11 Å². The number of carbonyl (C=O) groups excluding carboxylic acids is 1. The number of rotatable bonds is 7. The molecule has 0 aliphatic carbocycles. The van der Waals surface area contributed by atoms with Gasteiger partial charge in [-0.05, 0) is 68.0 Å². The highest BCUT2D eigenvalue weighted by molar-refractivity contribution is 6.00. The van der Waals surface area contributed by atoms with E-state index in [-0.39, 0.29) is 11.9 Å². The lowest BCUT2D eigenvalue weighted by atomic mass is 10.1. The molecular formula is C26H30N4O3. The molecule has 0 unspecified atom stereocenters. The number of amidine groups is 1. The lowest BCUT2D eigenvalue weighted by Gasteiger charge is -2.12. The zero-order chi connectivity index (χ0) is 24.2. The molecule has 0 amide bonds.